The largest absolute Gasteiger partial charge is 0.383 e. The maximum absolute atomic E-state index is 11.4. The van der Waals surface area contributed by atoms with Crippen molar-refractivity contribution >= 4 is 27.3 Å². The molecule has 0 aromatic carbocycles. The van der Waals surface area contributed by atoms with E-state index in [9.17, 15) is 5.11 Å². The number of rotatable bonds is 1. The average Bonchev–Trinajstić information content (AvgIpc) is 2.97. The summed E-state index contributed by atoms with van der Waals surface area (Å²) in [5.41, 5.74) is -0.655. The first-order valence-corrected chi connectivity index (χ1v) is 7.97. The summed E-state index contributed by atoms with van der Waals surface area (Å²) in [5, 5.41) is 13.5. The molecule has 1 heterocycles. The molecule has 0 unspecified atom stereocenters. The second-order valence-corrected chi connectivity index (χ2v) is 8.01. The Morgan fingerprint density at radius 1 is 1.41 bits per heavy atom. The van der Waals surface area contributed by atoms with Gasteiger partial charge in [-0.25, -0.2) is 0 Å². The van der Waals surface area contributed by atoms with Crippen molar-refractivity contribution < 1.29 is 5.11 Å². The topological polar surface area (TPSA) is 20.2 Å². The van der Waals surface area contributed by atoms with Crippen LogP contribution in [-0.2, 0) is 5.60 Å². The molecule has 0 spiro atoms. The van der Waals surface area contributed by atoms with Gasteiger partial charge in [0.15, 0.2) is 0 Å². The third-order valence-corrected chi connectivity index (χ3v) is 7.69. The highest BCUT2D eigenvalue weighted by molar-refractivity contribution is 9.10. The summed E-state index contributed by atoms with van der Waals surface area (Å²) in [7, 11) is 0. The molecule has 0 amide bonds. The lowest BCUT2D eigenvalue weighted by Crippen LogP contribution is -2.54. The summed E-state index contributed by atoms with van der Waals surface area (Å²) >= 11 is 5.64. The van der Waals surface area contributed by atoms with Crippen molar-refractivity contribution in [2.45, 2.75) is 29.2 Å². The van der Waals surface area contributed by atoms with Crippen LogP contribution < -0.4 is 0 Å². The first kappa shape index (κ1) is 10.8. The smallest absolute Gasteiger partial charge is 0.118 e. The van der Waals surface area contributed by atoms with Crippen LogP contribution in [0.3, 0.4) is 0 Å². The average molecular weight is 311 g/mol. The van der Waals surface area contributed by atoms with Gasteiger partial charge in [-0.05, 0) is 42.5 Å². The minimum atomic E-state index is -0.655. The number of hydrogen-bond donors (Lipinski definition) is 1. The van der Waals surface area contributed by atoms with Gasteiger partial charge >= 0.3 is 0 Å². The molecule has 1 aromatic rings. The van der Waals surface area contributed by atoms with Crippen LogP contribution in [0.15, 0.2) is 29.7 Å². The van der Waals surface area contributed by atoms with Crippen LogP contribution in [0, 0.1) is 17.8 Å². The van der Waals surface area contributed by atoms with Crippen LogP contribution in [0.4, 0.5) is 0 Å². The monoisotopic (exact) mass is 310 g/mol. The molecule has 3 aliphatic carbocycles. The van der Waals surface area contributed by atoms with Crippen LogP contribution in [0.2, 0.25) is 0 Å². The zero-order valence-electron chi connectivity index (χ0n) is 9.47. The highest BCUT2D eigenvalue weighted by atomic mass is 79.9. The standard InChI is InChI=1S/C14H15BrOS/c15-13-6-5-11(9-3-4-10(13)8-9)14(13,16)12-2-1-7-17-12/h1-4,7,9-11,16H,5-6,8H2/t9-,10+,11+,13+,14+/m0/s1. The number of allylic oxidation sites excluding steroid dienone is 2. The van der Waals surface area contributed by atoms with E-state index in [4.69, 9.17) is 0 Å². The Morgan fingerprint density at radius 3 is 3.06 bits per heavy atom. The predicted octanol–water partition coefficient (Wildman–Crippen LogP) is 3.69. The molecule has 5 atom stereocenters. The maximum Gasteiger partial charge on any atom is 0.118 e. The quantitative estimate of drug-likeness (QED) is 0.619. The number of aliphatic hydroxyl groups is 1. The lowest BCUT2D eigenvalue weighted by molar-refractivity contribution is -0.0680. The van der Waals surface area contributed by atoms with Gasteiger partial charge in [-0.3, -0.25) is 0 Å². The lowest BCUT2D eigenvalue weighted by atomic mass is 9.67. The molecule has 1 N–H and O–H groups in total. The highest BCUT2D eigenvalue weighted by Gasteiger charge is 2.68. The first-order chi connectivity index (χ1) is 8.16. The van der Waals surface area contributed by atoms with Crippen LogP contribution in [0.5, 0.6) is 0 Å². The van der Waals surface area contributed by atoms with E-state index in [2.05, 4.69) is 45.6 Å². The number of thiophene rings is 1. The van der Waals surface area contributed by atoms with Gasteiger partial charge in [0.1, 0.15) is 5.60 Å². The van der Waals surface area contributed by atoms with Crippen molar-refractivity contribution in [2.24, 2.45) is 17.8 Å². The third kappa shape index (κ3) is 1.09. The van der Waals surface area contributed by atoms with E-state index >= 15 is 0 Å². The fourth-order valence-corrected chi connectivity index (χ4v) is 6.49. The molecular formula is C14H15BrOS. The Bertz CT molecular complexity index is 482. The molecule has 90 valence electrons. The minimum Gasteiger partial charge on any atom is -0.383 e. The summed E-state index contributed by atoms with van der Waals surface area (Å²) in [4.78, 5) is 1.15. The maximum atomic E-state index is 11.4. The fraction of sp³-hybridized carbons (Fsp3) is 0.571. The molecule has 0 saturated heterocycles. The van der Waals surface area contributed by atoms with Gasteiger partial charge in [-0.1, -0.05) is 34.1 Å². The zero-order chi connectivity index (χ0) is 11.7. The molecule has 4 bridgehead atoms. The van der Waals surface area contributed by atoms with Crippen molar-refractivity contribution in [1.29, 1.82) is 0 Å². The van der Waals surface area contributed by atoms with Crippen LogP contribution >= 0.6 is 27.3 Å². The highest BCUT2D eigenvalue weighted by Crippen LogP contribution is 2.68. The molecule has 3 aliphatic rings. The normalized spacial score (nSPS) is 51.1. The first-order valence-electron chi connectivity index (χ1n) is 6.30. The van der Waals surface area contributed by atoms with E-state index in [-0.39, 0.29) is 4.32 Å². The summed E-state index contributed by atoms with van der Waals surface area (Å²) < 4.78 is -0.126. The zero-order valence-corrected chi connectivity index (χ0v) is 11.9. The van der Waals surface area contributed by atoms with Crippen molar-refractivity contribution in [2.75, 3.05) is 0 Å². The van der Waals surface area contributed by atoms with Gasteiger partial charge in [0.25, 0.3) is 0 Å². The van der Waals surface area contributed by atoms with E-state index in [1.54, 1.807) is 11.3 Å². The Labute approximate surface area is 114 Å². The molecule has 1 aromatic heterocycles. The minimum absolute atomic E-state index is 0.126. The second-order valence-electron chi connectivity index (χ2n) is 5.64. The fourth-order valence-electron chi connectivity index (χ4n) is 4.31. The SMILES string of the molecule is O[C@@]1(c2cccs2)[C@@H]2CC[C@@]1(Br)[C@@H]1C=C[C@H]2C1. The third-order valence-electron chi connectivity index (χ3n) is 5.11. The van der Waals surface area contributed by atoms with Gasteiger partial charge in [0.05, 0.1) is 4.32 Å². The molecule has 0 radical (unpaired) electrons. The summed E-state index contributed by atoms with van der Waals surface area (Å²) in [5.74, 6) is 1.48. The molecule has 4 rings (SSSR count). The molecule has 3 heteroatoms. The number of hydrogen-bond acceptors (Lipinski definition) is 2. The summed E-state index contributed by atoms with van der Waals surface area (Å²) in [6.07, 6.45) is 8.14. The van der Waals surface area contributed by atoms with Crippen LogP contribution in [-0.4, -0.2) is 9.43 Å². The van der Waals surface area contributed by atoms with E-state index in [0.29, 0.717) is 17.8 Å². The van der Waals surface area contributed by atoms with Crippen molar-refractivity contribution in [3.05, 3.63) is 34.5 Å². The van der Waals surface area contributed by atoms with Crippen molar-refractivity contribution in [3.63, 3.8) is 0 Å². The van der Waals surface area contributed by atoms with Crippen LogP contribution in [0.25, 0.3) is 0 Å². The van der Waals surface area contributed by atoms with Gasteiger partial charge in [0.2, 0.25) is 0 Å². The number of alkyl halides is 1. The van der Waals surface area contributed by atoms with E-state index in [1.807, 2.05) is 0 Å². The second kappa shape index (κ2) is 3.25. The Balaban J connectivity index is 1.93. The lowest BCUT2D eigenvalue weighted by Gasteiger charge is -2.48. The van der Waals surface area contributed by atoms with E-state index in [1.165, 1.54) is 6.42 Å². The van der Waals surface area contributed by atoms with Crippen LogP contribution in [0.1, 0.15) is 24.1 Å². The summed E-state index contributed by atoms with van der Waals surface area (Å²) in [6, 6.07) is 4.15. The Kier molecular flexibility index (Phi) is 2.06. The molecule has 0 aliphatic heterocycles. The van der Waals surface area contributed by atoms with E-state index < -0.39 is 5.60 Å². The van der Waals surface area contributed by atoms with Gasteiger partial charge in [0, 0.05) is 10.8 Å². The van der Waals surface area contributed by atoms with Gasteiger partial charge in [-0.15, -0.1) is 11.3 Å². The molecular weight excluding hydrogens is 296 g/mol. The van der Waals surface area contributed by atoms with E-state index in [0.717, 1.165) is 17.7 Å². The predicted molar refractivity (Wildman–Crippen MR) is 73.3 cm³/mol. The Morgan fingerprint density at radius 2 is 2.29 bits per heavy atom. The molecule has 17 heavy (non-hydrogen) atoms. The summed E-state index contributed by atoms with van der Waals surface area (Å²) in [6.45, 7) is 0. The van der Waals surface area contributed by atoms with Gasteiger partial charge < -0.3 is 5.11 Å². The van der Waals surface area contributed by atoms with Crippen molar-refractivity contribution in [3.8, 4) is 0 Å². The number of halogens is 1. The Hall–Kier alpha value is -0.120. The number of fused-ring (bicyclic) bond motifs is 6. The molecule has 2 fully saturated rings. The molecule has 1 nitrogen and oxygen atoms in total. The van der Waals surface area contributed by atoms with Crippen molar-refractivity contribution in [1.82, 2.24) is 0 Å². The molecule has 2 saturated carbocycles. The van der Waals surface area contributed by atoms with Gasteiger partial charge in [-0.2, -0.15) is 0 Å².